The van der Waals surface area contributed by atoms with Gasteiger partial charge in [0.1, 0.15) is 5.82 Å². The lowest BCUT2D eigenvalue weighted by Crippen LogP contribution is -2.49. The minimum atomic E-state index is -0.523. The second-order valence-corrected chi connectivity index (χ2v) is 8.61. The first-order valence-corrected chi connectivity index (χ1v) is 10.4. The van der Waals surface area contributed by atoms with E-state index in [0.29, 0.717) is 32.5 Å². The molecule has 1 fully saturated rings. The molecule has 3 rings (SSSR count). The SMILES string of the molecule is Cc1cc(NC(=O)N2CCC(C)(C(=O)NCc3ccc(F)cc3)CC2)ccc1Br. The Kier molecular flexibility index (Phi) is 6.57. The molecular weight excluding hydrogens is 437 g/mol. The molecule has 5 nitrogen and oxygen atoms in total. The smallest absolute Gasteiger partial charge is 0.321 e. The summed E-state index contributed by atoms with van der Waals surface area (Å²) >= 11 is 3.45. The summed E-state index contributed by atoms with van der Waals surface area (Å²) in [7, 11) is 0. The number of rotatable bonds is 4. The molecule has 3 amide bonds. The molecule has 1 aliphatic heterocycles. The first-order valence-electron chi connectivity index (χ1n) is 9.62. The molecule has 0 unspecified atom stereocenters. The number of piperidine rings is 1. The van der Waals surface area contributed by atoms with Gasteiger partial charge in [-0.3, -0.25) is 4.79 Å². The topological polar surface area (TPSA) is 61.4 Å². The average Bonchev–Trinajstić information content (AvgIpc) is 2.70. The zero-order valence-corrected chi connectivity index (χ0v) is 18.2. The molecule has 29 heavy (non-hydrogen) atoms. The van der Waals surface area contributed by atoms with E-state index in [2.05, 4.69) is 26.6 Å². The molecule has 0 bridgehead atoms. The lowest BCUT2D eigenvalue weighted by Gasteiger charge is -2.38. The van der Waals surface area contributed by atoms with Crippen molar-refractivity contribution >= 4 is 33.6 Å². The Morgan fingerprint density at radius 2 is 1.79 bits per heavy atom. The maximum absolute atomic E-state index is 13.0. The van der Waals surface area contributed by atoms with Crippen molar-refractivity contribution in [1.82, 2.24) is 10.2 Å². The Bertz CT molecular complexity index is 893. The van der Waals surface area contributed by atoms with Crippen molar-refractivity contribution in [2.24, 2.45) is 5.41 Å². The van der Waals surface area contributed by atoms with Crippen molar-refractivity contribution in [3.05, 3.63) is 63.9 Å². The standard InChI is InChI=1S/C22H25BrFN3O2/c1-15-13-18(7-8-19(15)23)26-21(29)27-11-9-22(2,10-12-27)20(28)25-14-16-3-5-17(24)6-4-16/h3-8,13H,9-12,14H2,1-2H3,(H,25,28)(H,26,29). The molecule has 0 saturated carbocycles. The maximum atomic E-state index is 13.0. The lowest BCUT2D eigenvalue weighted by atomic mass is 9.79. The molecule has 1 heterocycles. The molecular formula is C22H25BrFN3O2. The predicted molar refractivity (Wildman–Crippen MR) is 115 cm³/mol. The van der Waals surface area contributed by atoms with Gasteiger partial charge in [0, 0.05) is 35.2 Å². The number of halogens is 2. The molecule has 2 aromatic carbocycles. The molecule has 7 heteroatoms. The van der Waals surface area contributed by atoms with Gasteiger partial charge in [-0.2, -0.15) is 0 Å². The average molecular weight is 462 g/mol. The van der Waals surface area contributed by atoms with Crippen LogP contribution in [0.2, 0.25) is 0 Å². The Labute approximate surface area is 178 Å². The van der Waals surface area contributed by atoms with Crippen molar-refractivity contribution in [3.8, 4) is 0 Å². The molecule has 0 atom stereocenters. The van der Waals surface area contributed by atoms with E-state index < -0.39 is 5.41 Å². The number of nitrogens with one attached hydrogen (secondary N) is 2. The van der Waals surface area contributed by atoms with Crippen molar-refractivity contribution in [1.29, 1.82) is 0 Å². The first-order chi connectivity index (χ1) is 13.8. The molecule has 154 valence electrons. The highest BCUT2D eigenvalue weighted by molar-refractivity contribution is 9.10. The summed E-state index contributed by atoms with van der Waals surface area (Å²) in [5.74, 6) is -0.332. The molecule has 0 radical (unpaired) electrons. The monoisotopic (exact) mass is 461 g/mol. The summed E-state index contributed by atoms with van der Waals surface area (Å²) < 4.78 is 14.0. The number of likely N-dealkylation sites (tertiary alicyclic amines) is 1. The van der Waals surface area contributed by atoms with Gasteiger partial charge in [-0.15, -0.1) is 0 Å². The number of carbonyl (C=O) groups is 2. The van der Waals surface area contributed by atoms with E-state index in [-0.39, 0.29) is 17.8 Å². The van der Waals surface area contributed by atoms with Crippen molar-refractivity contribution < 1.29 is 14.0 Å². The third-order valence-electron chi connectivity index (χ3n) is 5.48. The Morgan fingerprint density at radius 1 is 1.14 bits per heavy atom. The number of benzene rings is 2. The van der Waals surface area contributed by atoms with E-state index in [9.17, 15) is 14.0 Å². The molecule has 2 aromatic rings. The number of nitrogens with zero attached hydrogens (tertiary/aromatic N) is 1. The van der Waals surface area contributed by atoms with Crippen LogP contribution in [0.4, 0.5) is 14.9 Å². The summed E-state index contributed by atoms with van der Waals surface area (Å²) in [5.41, 5.74) is 2.13. The quantitative estimate of drug-likeness (QED) is 0.683. The maximum Gasteiger partial charge on any atom is 0.321 e. The van der Waals surface area contributed by atoms with Crippen LogP contribution in [0.15, 0.2) is 46.9 Å². The largest absolute Gasteiger partial charge is 0.352 e. The third-order valence-corrected chi connectivity index (χ3v) is 6.37. The Balaban J connectivity index is 1.51. The van der Waals surface area contributed by atoms with Crippen LogP contribution in [0.1, 0.15) is 30.9 Å². The van der Waals surface area contributed by atoms with Gasteiger partial charge in [-0.1, -0.05) is 35.0 Å². The second-order valence-electron chi connectivity index (χ2n) is 7.75. The number of hydrogen-bond donors (Lipinski definition) is 2. The molecule has 1 aliphatic rings. The van der Waals surface area contributed by atoms with E-state index in [4.69, 9.17) is 0 Å². The fourth-order valence-corrected chi connectivity index (χ4v) is 3.60. The van der Waals surface area contributed by atoms with Crippen LogP contribution < -0.4 is 10.6 Å². The van der Waals surface area contributed by atoms with Crippen LogP contribution in [0, 0.1) is 18.2 Å². The third kappa shape index (κ3) is 5.35. The van der Waals surface area contributed by atoms with Crippen LogP contribution in [0.3, 0.4) is 0 Å². The number of anilines is 1. The highest BCUT2D eigenvalue weighted by Gasteiger charge is 2.37. The van der Waals surface area contributed by atoms with E-state index >= 15 is 0 Å². The number of aryl methyl sites for hydroxylation is 1. The van der Waals surface area contributed by atoms with Gasteiger partial charge in [0.25, 0.3) is 0 Å². The normalized spacial score (nSPS) is 15.7. The zero-order valence-electron chi connectivity index (χ0n) is 16.6. The number of carbonyl (C=O) groups excluding carboxylic acids is 2. The van der Waals surface area contributed by atoms with Crippen molar-refractivity contribution in [3.63, 3.8) is 0 Å². The first kappa shape index (κ1) is 21.3. The minimum absolute atomic E-state index is 0.0367. The molecule has 1 saturated heterocycles. The number of urea groups is 1. The molecule has 0 aromatic heterocycles. The summed E-state index contributed by atoms with van der Waals surface area (Å²) in [6, 6.07) is 11.6. The van der Waals surface area contributed by atoms with Gasteiger partial charge in [0.15, 0.2) is 0 Å². The van der Waals surface area contributed by atoms with Gasteiger partial charge in [0.2, 0.25) is 5.91 Å². The second kappa shape index (κ2) is 8.95. The number of hydrogen-bond acceptors (Lipinski definition) is 2. The van der Waals surface area contributed by atoms with Gasteiger partial charge < -0.3 is 15.5 Å². The minimum Gasteiger partial charge on any atom is -0.352 e. The van der Waals surface area contributed by atoms with Crippen molar-refractivity contribution in [2.75, 3.05) is 18.4 Å². The zero-order chi connectivity index (χ0) is 21.0. The summed E-state index contributed by atoms with van der Waals surface area (Å²) in [6.45, 7) is 5.29. The highest BCUT2D eigenvalue weighted by Crippen LogP contribution is 2.31. The van der Waals surface area contributed by atoms with Crippen LogP contribution in [0.5, 0.6) is 0 Å². The van der Waals surface area contributed by atoms with E-state index in [1.807, 2.05) is 32.0 Å². The summed E-state index contributed by atoms with van der Waals surface area (Å²) in [6.07, 6.45) is 1.18. The van der Waals surface area contributed by atoms with Crippen LogP contribution >= 0.6 is 15.9 Å². The molecule has 0 spiro atoms. The van der Waals surface area contributed by atoms with Crippen LogP contribution in [-0.4, -0.2) is 29.9 Å². The predicted octanol–water partition coefficient (Wildman–Crippen LogP) is 4.85. The van der Waals surface area contributed by atoms with Crippen molar-refractivity contribution in [2.45, 2.75) is 33.2 Å². The van der Waals surface area contributed by atoms with Crippen LogP contribution in [-0.2, 0) is 11.3 Å². The van der Waals surface area contributed by atoms with Gasteiger partial charge in [-0.05, 0) is 61.2 Å². The van der Waals surface area contributed by atoms with Gasteiger partial charge >= 0.3 is 6.03 Å². The number of amides is 3. The Hall–Kier alpha value is -2.41. The van der Waals surface area contributed by atoms with E-state index in [1.54, 1.807) is 17.0 Å². The van der Waals surface area contributed by atoms with Crippen LogP contribution in [0.25, 0.3) is 0 Å². The summed E-state index contributed by atoms with van der Waals surface area (Å²) in [5, 5.41) is 5.86. The van der Waals surface area contributed by atoms with E-state index in [1.165, 1.54) is 12.1 Å². The van der Waals surface area contributed by atoms with Gasteiger partial charge in [-0.25, -0.2) is 9.18 Å². The Morgan fingerprint density at radius 3 is 2.41 bits per heavy atom. The molecule has 2 N–H and O–H groups in total. The molecule has 0 aliphatic carbocycles. The fourth-order valence-electron chi connectivity index (χ4n) is 3.35. The fraction of sp³-hybridized carbons (Fsp3) is 0.364. The van der Waals surface area contributed by atoms with Gasteiger partial charge in [0.05, 0.1) is 0 Å². The van der Waals surface area contributed by atoms with E-state index in [0.717, 1.165) is 21.3 Å². The lowest BCUT2D eigenvalue weighted by molar-refractivity contribution is -0.132. The highest BCUT2D eigenvalue weighted by atomic mass is 79.9. The summed E-state index contributed by atoms with van der Waals surface area (Å²) in [4.78, 5) is 27.0.